The minimum Gasteiger partial charge on any atom is -0.462 e. The van der Waals surface area contributed by atoms with Crippen LogP contribution in [0.2, 0.25) is 0 Å². The number of nitrogens with two attached hydrogens (primary N) is 1. The zero-order chi connectivity index (χ0) is 13.0. The lowest BCUT2D eigenvalue weighted by atomic mass is 9.86. The average molecular weight is 255 g/mol. The second kappa shape index (κ2) is 6.02. The highest BCUT2D eigenvalue weighted by Crippen LogP contribution is 2.39. The molecule has 0 spiro atoms. The quantitative estimate of drug-likeness (QED) is 0.781. The Morgan fingerprint density at radius 3 is 2.50 bits per heavy atom. The number of methoxy groups -OCH3 is 1. The van der Waals surface area contributed by atoms with Gasteiger partial charge in [-0.05, 0) is 32.1 Å². The molecule has 0 aliphatic heterocycles. The molecule has 0 bridgehead atoms. The van der Waals surface area contributed by atoms with E-state index in [1.807, 2.05) is 0 Å². The maximum atomic E-state index is 12.3. The molecule has 2 aliphatic carbocycles. The minimum atomic E-state index is -0.389. The Hall–Kier alpha value is -0.610. The Labute approximate surface area is 109 Å². The Morgan fingerprint density at radius 1 is 1.22 bits per heavy atom. The molecule has 18 heavy (non-hydrogen) atoms. The lowest BCUT2D eigenvalue weighted by molar-refractivity contribution is -0.164. The van der Waals surface area contributed by atoms with E-state index in [1.165, 1.54) is 0 Å². The highest BCUT2D eigenvalue weighted by molar-refractivity contribution is 5.77. The monoisotopic (exact) mass is 255 g/mol. The molecule has 2 aliphatic rings. The number of rotatable bonds is 4. The van der Waals surface area contributed by atoms with Crippen LogP contribution in [0.5, 0.6) is 0 Å². The van der Waals surface area contributed by atoms with Crippen LogP contribution in [0.25, 0.3) is 0 Å². The molecule has 2 fully saturated rings. The summed E-state index contributed by atoms with van der Waals surface area (Å²) in [4.78, 5) is 12.3. The van der Waals surface area contributed by atoms with E-state index < -0.39 is 0 Å². The maximum Gasteiger partial charge on any atom is 0.313 e. The van der Waals surface area contributed by atoms with Crippen LogP contribution in [0.3, 0.4) is 0 Å². The van der Waals surface area contributed by atoms with Gasteiger partial charge in [-0.1, -0.05) is 12.8 Å². The van der Waals surface area contributed by atoms with Crippen LogP contribution >= 0.6 is 0 Å². The molecule has 2 unspecified atom stereocenters. The van der Waals surface area contributed by atoms with E-state index in [9.17, 15) is 4.79 Å². The van der Waals surface area contributed by atoms with E-state index in [0.29, 0.717) is 6.54 Å². The van der Waals surface area contributed by atoms with E-state index in [-0.39, 0.29) is 23.6 Å². The second-order valence-electron chi connectivity index (χ2n) is 5.74. The molecule has 4 nitrogen and oxygen atoms in total. The molecular formula is C14H25NO3. The molecule has 0 radical (unpaired) electrons. The van der Waals surface area contributed by atoms with Crippen LogP contribution in [-0.2, 0) is 14.3 Å². The molecule has 0 heterocycles. The van der Waals surface area contributed by atoms with Crippen LogP contribution in [-0.4, -0.2) is 31.8 Å². The van der Waals surface area contributed by atoms with Crippen LogP contribution < -0.4 is 5.73 Å². The number of hydrogen-bond acceptors (Lipinski definition) is 4. The first kappa shape index (κ1) is 13.8. The van der Waals surface area contributed by atoms with Crippen molar-refractivity contribution in [1.29, 1.82) is 0 Å². The maximum absolute atomic E-state index is 12.3. The van der Waals surface area contributed by atoms with Gasteiger partial charge in [-0.3, -0.25) is 4.79 Å². The lowest BCUT2D eigenvalue weighted by Gasteiger charge is -2.32. The Kier molecular flexibility index (Phi) is 4.62. The van der Waals surface area contributed by atoms with Gasteiger partial charge < -0.3 is 15.2 Å². The SMILES string of the molecule is COC1CCCC(OC(=O)C2(CN)CCCC2)C1. The van der Waals surface area contributed by atoms with Gasteiger partial charge in [0, 0.05) is 20.1 Å². The molecule has 0 saturated heterocycles. The zero-order valence-corrected chi connectivity index (χ0v) is 11.3. The Bertz CT molecular complexity index is 287. The molecule has 0 aromatic rings. The minimum absolute atomic E-state index is 0.0280. The van der Waals surface area contributed by atoms with Gasteiger partial charge >= 0.3 is 5.97 Å². The largest absolute Gasteiger partial charge is 0.462 e. The standard InChI is InChI=1S/C14H25NO3/c1-17-11-5-4-6-12(9-11)18-13(16)14(10-15)7-2-3-8-14/h11-12H,2-10,15H2,1H3. The highest BCUT2D eigenvalue weighted by Gasteiger charge is 2.42. The van der Waals surface area contributed by atoms with E-state index in [2.05, 4.69) is 0 Å². The fourth-order valence-corrected chi connectivity index (χ4v) is 3.24. The van der Waals surface area contributed by atoms with Gasteiger partial charge in [-0.2, -0.15) is 0 Å². The summed E-state index contributed by atoms with van der Waals surface area (Å²) in [6.45, 7) is 0.423. The predicted octanol–water partition coefficient (Wildman–Crippen LogP) is 2.01. The Balaban J connectivity index is 1.90. The summed E-state index contributed by atoms with van der Waals surface area (Å²) < 4.78 is 11.1. The first-order valence-electron chi connectivity index (χ1n) is 7.14. The van der Waals surface area contributed by atoms with Gasteiger partial charge in [0.2, 0.25) is 0 Å². The fourth-order valence-electron chi connectivity index (χ4n) is 3.24. The molecule has 4 heteroatoms. The molecule has 2 rings (SSSR count). The van der Waals surface area contributed by atoms with Crippen molar-refractivity contribution in [1.82, 2.24) is 0 Å². The van der Waals surface area contributed by atoms with E-state index >= 15 is 0 Å². The molecule has 2 saturated carbocycles. The summed E-state index contributed by atoms with van der Waals surface area (Å²) in [5.41, 5.74) is 5.41. The molecule has 2 N–H and O–H groups in total. The summed E-state index contributed by atoms with van der Waals surface area (Å²) in [7, 11) is 1.73. The number of carbonyl (C=O) groups excluding carboxylic acids is 1. The summed E-state index contributed by atoms with van der Waals surface area (Å²) in [5.74, 6) is -0.0655. The summed E-state index contributed by atoms with van der Waals surface area (Å²) in [6, 6.07) is 0. The topological polar surface area (TPSA) is 61.5 Å². The lowest BCUT2D eigenvalue weighted by Crippen LogP contribution is -2.40. The number of ether oxygens (including phenoxy) is 2. The first-order chi connectivity index (χ1) is 8.70. The van der Waals surface area contributed by atoms with Crippen molar-refractivity contribution in [2.75, 3.05) is 13.7 Å². The van der Waals surface area contributed by atoms with Crippen molar-refractivity contribution in [3.63, 3.8) is 0 Å². The van der Waals surface area contributed by atoms with Gasteiger partial charge in [0.25, 0.3) is 0 Å². The summed E-state index contributed by atoms with van der Waals surface area (Å²) in [6.07, 6.45) is 8.20. The number of hydrogen-bond donors (Lipinski definition) is 1. The average Bonchev–Trinajstić information content (AvgIpc) is 2.89. The van der Waals surface area contributed by atoms with Crippen molar-refractivity contribution in [2.45, 2.75) is 63.6 Å². The predicted molar refractivity (Wildman–Crippen MR) is 69.1 cm³/mol. The van der Waals surface area contributed by atoms with Crippen LogP contribution in [0.1, 0.15) is 51.4 Å². The molecule has 0 aromatic heterocycles. The third-order valence-corrected chi connectivity index (χ3v) is 4.57. The molecular weight excluding hydrogens is 230 g/mol. The van der Waals surface area contributed by atoms with E-state index in [0.717, 1.165) is 51.4 Å². The highest BCUT2D eigenvalue weighted by atomic mass is 16.5. The molecule has 0 amide bonds. The molecule has 2 atom stereocenters. The normalized spacial score (nSPS) is 31.2. The number of carbonyl (C=O) groups is 1. The van der Waals surface area contributed by atoms with Crippen molar-refractivity contribution >= 4 is 5.97 Å². The van der Waals surface area contributed by atoms with Crippen molar-refractivity contribution in [3.05, 3.63) is 0 Å². The van der Waals surface area contributed by atoms with E-state index in [4.69, 9.17) is 15.2 Å². The smallest absolute Gasteiger partial charge is 0.313 e. The van der Waals surface area contributed by atoms with Crippen molar-refractivity contribution < 1.29 is 14.3 Å². The van der Waals surface area contributed by atoms with Crippen LogP contribution in [0.4, 0.5) is 0 Å². The van der Waals surface area contributed by atoms with Crippen molar-refractivity contribution in [2.24, 2.45) is 11.1 Å². The van der Waals surface area contributed by atoms with Gasteiger partial charge in [-0.25, -0.2) is 0 Å². The first-order valence-corrected chi connectivity index (χ1v) is 7.14. The fraction of sp³-hybridized carbons (Fsp3) is 0.929. The second-order valence-corrected chi connectivity index (χ2v) is 5.74. The van der Waals surface area contributed by atoms with Crippen LogP contribution in [0, 0.1) is 5.41 Å². The van der Waals surface area contributed by atoms with Gasteiger partial charge in [-0.15, -0.1) is 0 Å². The van der Waals surface area contributed by atoms with Gasteiger partial charge in [0.1, 0.15) is 6.10 Å². The van der Waals surface area contributed by atoms with E-state index in [1.54, 1.807) is 7.11 Å². The zero-order valence-electron chi connectivity index (χ0n) is 11.3. The number of esters is 1. The third-order valence-electron chi connectivity index (χ3n) is 4.57. The summed E-state index contributed by atoms with van der Waals surface area (Å²) >= 11 is 0. The summed E-state index contributed by atoms with van der Waals surface area (Å²) in [5, 5.41) is 0. The van der Waals surface area contributed by atoms with Crippen LogP contribution in [0.15, 0.2) is 0 Å². The molecule has 104 valence electrons. The Morgan fingerprint density at radius 2 is 1.89 bits per heavy atom. The molecule has 0 aromatic carbocycles. The van der Waals surface area contributed by atoms with Gasteiger partial charge in [0.05, 0.1) is 11.5 Å². The van der Waals surface area contributed by atoms with Crippen molar-refractivity contribution in [3.8, 4) is 0 Å². The van der Waals surface area contributed by atoms with Gasteiger partial charge in [0.15, 0.2) is 0 Å². The third kappa shape index (κ3) is 2.86.